The van der Waals surface area contributed by atoms with E-state index in [4.69, 9.17) is 4.74 Å². The highest BCUT2D eigenvalue weighted by molar-refractivity contribution is 7.10. The molecule has 0 spiro atoms. The molecule has 1 aromatic rings. The van der Waals surface area contributed by atoms with E-state index in [1.54, 1.807) is 18.3 Å². The van der Waals surface area contributed by atoms with Gasteiger partial charge in [0.1, 0.15) is 0 Å². The number of likely N-dealkylation sites (tertiary alicyclic amines) is 1. The summed E-state index contributed by atoms with van der Waals surface area (Å²) in [4.78, 5) is 27.0. The van der Waals surface area contributed by atoms with Crippen LogP contribution < -0.4 is 0 Å². The number of rotatable bonds is 5. The Labute approximate surface area is 123 Å². The SMILES string of the molecule is CCOC(=O)CC1CCCCN1C(=O)Cc1cccs1. The van der Waals surface area contributed by atoms with Crippen LogP contribution in [0.3, 0.4) is 0 Å². The first-order chi connectivity index (χ1) is 9.70. The number of hydrogen-bond donors (Lipinski definition) is 0. The molecule has 1 fully saturated rings. The molecule has 1 aliphatic rings. The van der Waals surface area contributed by atoms with Gasteiger partial charge in [0.25, 0.3) is 0 Å². The number of carbonyl (C=O) groups is 2. The predicted octanol–water partition coefficient (Wildman–Crippen LogP) is 2.62. The summed E-state index contributed by atoms with van der Waals surface area (Å²) in [6.07, 6.45) is 3.76. The second kappa shape index (κ2) is 7.43. The van der Waals surface area contributed by atoms with E-state index in [1.165, 1.54) is 0 Å². The molecular formula is C15H21NO3S. The van der Waals surface area contributed by atoms with Crippen molar-refractivity contribution < 1.29 is 14.3 Å². The molecule has 1 saturated heterocycles. The van der Waals surface area contributed by atoms with Crippen LogP contribution in [0.2, 0.25) is 0 Å². The number of thiophene rings is 1. The minimum absolute atomic E-state index is 0.00950. The summed E-state index contributed by atoms with van der Waals surface area (Å²) in [6.45, 7) is 2.96. The molecule has 20 heavy (non-hydrogen) atoms. The van der Waals surface area contributed by atoms with E-state index in [9.17, 15) is 9.59 Å². The van der Waals surface area contributed by atoms with Gasteiger partial charge in [-0.25, -0.2) is 0 Å². The summed E-state index contributed by atoms with van der Waals surface area (Å²) in [5.74, 6) is -0.0743. The molecule has 0 bridgehead atoms. The third-order valence-corrected chi connectivity index (χ3v) is 4.44. The zero-order chi connectivity index (χ0) is 14.4. The Morgan fingerprint density at radius 3 is 3.00 bits per heavy atom. The Kier molecular flexibility index (Phi) is 5.59. The molecule has 4 nitrogen and oxygen atoms in total. The number of esters is 1. The van der Waals surface area contributed by atoms with Gasteiger partial charge in [0.2, 0.25) is 5.91 Å². The fourth-order valence-corrected chi connectivity index (χ4v) is 3.31. The normalized spacial score (nSPS) is 18.9. The van der Waals surface area contributed by atoms with E-state index in [0.29, 0.717) is 19.4 Å². The Hall–Kier alpha value is -1.36. The molecule has 0 N–H and O–H groups in total. The first-order valence-corrected chi connectivity index (χ1v) is 8.06. The standard InChI is InChI=1S/C15H21NO3S/c1-2-19-15(18)10-12-6-3-4-8-16(12)14(17)11-13-7-5-9-20-13/h5,7,9,12H,2-4,6,8,10-11H2,1H3. The van der Waals surface area contributed by atoms with E-state index in [1.807, 2.05) is 22.4 Å². The van der Waals surface area contributed by atoms with Gasteiger partial charge < -0.3 is 9.64 Å². The third kappa shape index (κ3) is 4.07. The molecule has 110 valence electrons. The minimum atomic E-state index is -0.201. The van der Waals surface area contributed by atoms with Crippen molar-refractivity contribution in [1.29, 1.82) is 0 Å². The summed E-state index contributed by atoms with van der Waals surface area (Å²) in [6, 6.07) is 3.95. The summed E-state index contributed by atoms with van der Waals surface area (Å²) in [5, 5.41) is 1.98. The van der Waals surface area contributed by atoms with Crippen LogP contribution in [0.25, 0.3) is 0 Å². The molecule has 1 unspecified atom stereocenters. The predicted molar refractivity (Wildman–Crippen MR) is 78.6 cm³/mol. The minimum Gasteiger partial charge on any atom is -0.466 e. The molecular weight excluding hydrogens is 274 g/mol. The Morgan fingerprint density at radius 1 is 1.45 bits per heavy atom. The highest BCUT2D eigenvalue weighted by atomic mass is 32.1. The van der Waals surface area contributed by atoms with Gasteiger partial charge in [-0.2, -0.15) is 0 Å². The van der Waals surface area contributed by atoms with Crippen LogP contribution in [0.5, 0.6) is 0 Å². The maximum absolute atomic E-state index is 12.4. The topological polar surface area (TPSA) is 46.6 Å². The number of hydrogen-bond acceptors (Lipinski definition) is 4. The van der Waals surface area contributed by atoms with Crippen LogP contribution >= 0.6 is 11.3 Å². The van der Waals surface area contributed by atoms with Crippen LogP contribution in [0, 0.1) is 0 Å². The van der Waals surface area contributed by atoms with E-state index >= 15 is 0 Å². The van der Waals surface area contributed by atoms with Gasteiger partial charge in [0.15, 0.2) is 0 Å². The van der Waals surface area contributed by atoms with Crippen molar-refractivity contribution in [2.24, 2.45) is 0 Å². The maximum Gasteiger partial charge on any atom is 0.307 e. The lowest BCUT2D eigenvalue weighted by molar-refractivity contribution is -0.146. The van der Waals surface area contributed by atoms with Crippen LogP contribution in [0.1, 0.15) is 37.5 Å². The highest BCUT2D eigenvalue weighted by Crippen LogP contribution is 2.22. The maximum atomic E-state index is 12.4. The smallest absolute Gasteiger partial charge is 0.307 e. The van der Waals surface area contributed by atoms with Crippen molar-refractivity contribution in [3.05, 3.63) is 22.4 Å². The number of piperidine rings is 1. The Bertz CT molecular complexity index is 444. The van der Waals surface area contributed by atoms with Gasteiger partial charge in [0, 0.05) is 17.5 Å². The van der Waals surface area contributed by atoms with Gasteiger partial charge in [0.05, 0.1) is 19.4 Å². The molecule has 5 heteroatoms. The molecule has 1 amide bonds. The van der Waals surface area contributed by atoms with E-state index in [-0.39, 0.29) is 17.9 Å². The molecule has 1 aromatic heterocycles. The zero-order valence-corrected chi connectivity index (χ0v) is 12.7. The van der Waals surface area contributed by atoms with Crippen LogP contribution in [0.15, 0.2) is 17.5 Å². The average molecular weight is 295 g/mol. The summed E-state index contributed by atoms with van der Waals surface area (Å²) < 4.78 is 5.00. The monoisotopic (exact) mass is 295 g/mol. The summed E-state index contributed by atoms with van der Waals surface area (Å²) in [7, 11) is 0. The van der Waals surface area contributed by atoms with Crippen molar-refractivity contribution in [3.8, 4) is 0 Å². The molecule has 0 aliphatic carbocycles. The summed E-state index contributed by atoms with van der Waals surface area (Å²) in [5.41, 5.74) is 0. The van der Waals surface area contributed by atoms with Gasteiger partial charge in [-0.05, 0) is 37.6 Å². The average Bonchev–Trinajstić information content (AvgIpc) is 2.92. The number of amides is 1. The molecule has 2 rings (SSSR count). The second-order valence-corrected chi connectivity index (χ2v) is 6.03. The fraction of sp³-hybridized carbons (Fsp3) is 0.600. The summed E-state index contributed by atoms with van der Waals surface area (Å²) >= 11 is 1.60. The molecule has 0 radical (unpaired) electrons. The molecule has 0 aromatic carbocycles. The Morgan fingerprint density at radius 2 is 2.30 bits per heavy atom. The van der Waals surface area contributed by atoms with Crippen molar-refractivity contribution >= 4 is 23.2 Å². The van der Waals surface area contributed by atoms with Crippen molar-refractivity contribution in [2.45, 2.75) is 45.1 Å². The van der Waals surface area contributed by atoms with Crippen LogP contribution in [0.4, 0.5) is 0 Å². The van der Waals surface area contributed by atoms with Crippen molar-refractivity contribution in [3.63, 3.8) is 0 Å². The second-order valence-electron chi connectivity index (χ2n) is 5.00. The van der Waals surface area contributed by atoms with Gasteiger partial charge in [-0.15, -0.1) is 11.3 Å². The zero-order valence-electron chi connectivity index (χ0n) is 11.8. The molecule has 2 heterocycles. The number of carbonyl (C=O) groups excluding carboxylic acids is 2. The molecule has 1 atom stereocenters. The van der Waals surface area contributed by atoms with E-state index in [2.05, 4.69) is 0 Å². The van der Waals surface area contributed by atoms with Crippen LogP contribution in [-0.2, 0) is 20.7 Å². The number of ether oxygens (including phenoxy) is 1. The van der Waals surface area contributed by atoms with Gasteiger partial charge in [-0.3, -0.25) is 9.59 Å². The number of nitrogens with zero attached hydrogens (tertiary/aromatic N) is 1. The molecule has 0 saturated carbocycles. The van der Waals surface area contributed by atoms with Gasteiger partial charge in [-0.1, -0.05) is 6.07 Å². The van der Waals surface area contributed by atoms with E-state index in [0.717, 1.165) is 30.7 Å². The first-order valence-electron chi connectivity index (χ1n) is 7.18. The lowest BCUT2D eigenvalue weighted by atomic mass is 9.99. The van der Waals surface area contributed by atoms with Gasteiger partial charge >= 0.3 is 5.97 Å². The first kappa shape index (κ1) is 15.0. The van der Waals surface area contributed by atoms with E-state index < -0.39 is 0 Å². The lowest BCUT2D eigenvalue weighted by Crippen LogP contribution is -2.45. The largest absolute Gasteiger partial charge is 0.466 e. The van der Waals surface area contributed by atoms with Crippen molar-refractivity contribution in [1.82, 2.24) is 4.90 Å². The van der Waals surface area contributed by atoms with Crippen LogP contribution in [-0.4, -0.2) is 36.0 Å². The fourth-order valence-electron chi connectivity index (χ4n) is 2.62. The lowest BCUT2D eigenvalue weighted by Gasteiger charge is -2.35. The Balaban J connectivity index is 1.95. The third-order valence-electron chi connectivity index (χ3n) is 3.56. The quantitative estimate of drug-likeness (QED) is 0.785. The molecule has 1 aliphatic heterocycles. The van der Waals surface area contributed by atoms with Crippen molar-refractivity contribution in [2.75, 3.05) is 13.2 Å². The highest BCUT2D eigenvalue weighted by Gasteiger charge is 2.28.